The molecule has 1 rings (SSSR count). The lowest BCUT2D eigenvalue weighted by atomic mass is 10.2. The molecular weight excluding hydrogens is 156 g/mol. The van der Waals surface area contributed by atoms with Gasteiger partial charge in [0.1, 0.15) is 0 Å². The van der Waals surface area contributed by atoms with Crippen molar-refractivity contribution in [3.8, 4) is 0 Å². The fourth-order valence-electron chi connectivity index (χ4n) is 1.30. The van der Waals surface area contributed by atoms with E-state index in [2.05, 4.69) is 5.32 Å². The highest BCUT2D eigenvalue weighted by molar-refractivity contribution is 4.69. The number of nitrogens with two attached hydrogens (primary N) is 1. The predicted octanol–water partition coefficient (Wildman–Crippen LogP) is -0.925. The first-order valence-corrected chi connectivity index (χ1v) is 4.53. The molecule has 1 heterocycles. The summed E-state index contributed by atoms with van der Waals surface area (Å²) in [5.41, 5.74) is 5.25. The molecule has 1 aliphatic rings. The molecule has 2 atom stereocenters. The SMILES string of the molecule is NCC(O)CNCC1CCCO1. The molecule has 0 bridgehead atoms. The Morgan fingerprint density at radius 3 is 3.08 bits per heavy atom. The van der Waals surface area contributed by atoms with Crippen LogP contribution in [0.2, 0.25) is 0 Å². The van der Waals surface area contributed by atoms with Crippen molar-refractivity contribution in [3.63, 3.8) is 0 Å². The van der Waals surface area contributed by atoms with Crippen molar-refractivity contribution >= 4 is 0 Å². The van der Waals surface area contributed by atoms with Gasteiger partial charge in [-0.25, -0.2) is 0 Å². The maximum atomic E-state index is 9.10. The molecule has 0 amide bonds. The summed E-state index contributed by atoms with van der Waals surface area (Å²) in [5, 5.41) is 12.2. The van der Waals surface area contributed by atoms with Crippen LogP contribution in [0.4, 0.5) is 0 Å². The summed E-state index contributed by atoms with van der Waals surface area (Å²) in [7, 11) is 0. The van der Waals surface area contributed by atoms with Gasteiger partial charge in [-0.15, -0.1) is 0 Å². The van der Waals surface area contributed by atoms with Gasteiger partial charge in [0.25, 0.3) is 0 Å². The Morgan fingerprint density at radius 1 is 1.67 bits per heavy atom. The number of rotatable bonds is 5. The zero-order chi connectivity index (χ0) is 8.81. The molecule has 0 aromatic carbocycles. The minimum atomic E-state index is -0.425. The van der Waals surface area contributed by atoms with Crippen molar-refractivity contribution < 1.29 is 9.84 Å². The van der Waals surface area contributed by atoms with Crippen LogP contribution >= 0.6 is 0 Å². The zero-order valence-corrected chi connectivity index (χ0v) is 7.33. The lowest BCUT2D eigenvalue weighted by Gasteiger charge is -2.12. The second-order valence-electron chi connectivity index (χ2n) is 3.18. The Balaban J connectivity index is 1.94. The molecule has 0 saturated carbocycles. The van der Waals surface area contributed by atoms with Crippen molar-refractivity contribution in [2.45, 2.75) is 25.0 Å². The van der Waals surface area contributed by atoms with E-state index in [0.717, 1.165) is 26.0 Å². The van der Waals surface area contributed by atoms with Gasteiger partial charge in [0.15, 0.2) is 0 Å². The largest absolute Gasteiger partial charge is 0.390 e. The van der Waals surface area contributed by atoms with Gasteiger partial charge in [0.05, 0.1) is 12.2 Å². The average molecular weight is 174 g/mol. The topological polar surface area (TPSA) is 67.5 Å². The number of aliphatic hydroxyl groups excluding tert-OH is 1. The van der Waals surface area contributed by atoms with Crippen LogP contribution in [-0.4, -0.2) is 43.6 Å². The molecule has 1 aliphatic heterocycles. The van der Waals surface area contributed by atoms with E-state index < -0.39 is 6.10 Å². The first kappa shape index (κ1) is 9.92. The smallest absolute Gasteiger partial charge is 0.0786 e. The van der Waals surface area contributed by atoms with Crippen molar-refractivity contribution in [1.82, 2.24) is 5.32 Å². The Hall–Kier alpha value is -0.160. The Bertz CT molecular complexity index is 116. The fourth-order valence-corrected chi connectivity index (χ4v) is 1.30. The van der Waals surface area contributed by atoms with Crippen LogP contribution in [-0.2, 0) is 4.74 Å². The van der Waals surface area contributed by atoms with E-state index in [4.69, 9.17) is 15.6 Å². The Kier molecular flexibility index (Phi) is 4.53. The lowest BCUT2D eigenvalue weighted by molar-refractivity contribution is 0.104. The molecule has 2 unspecified atom stereocenters. The maximum Gasteiger partial charge on any atom is 0.0786 e. The van der Waals surface area contributed by atoms with Crippen LogP contribution in [0.3, 0.4) is 0 Å². The second-order valence-corrected chi connectivity index (χ2v) is 3.18. The van der Waals surface area contributed by atoms with Crippen LogP contribution in [0.1, 0.15) is 12.8 Å². The minimum Gasteiger partial charge on any atom is -0.390 e. The number of hydrogen-bond donors (Lipinski definition) is 3. The van der Waals surface area contributed by atoms with Crippen LogP contribution in [0.15, 0.2) is 0 Å². The Morgan fingerprint density at radius 2 is 2.50 bits per heavy atom. The van der Waals surface area contributed by atoms with Gasteiger partial charge in [-0.1, -0.05) is 0 Å². The monoisotopic (exact) mass is 174 g/mol. The molecule has 0 spiro atoms. The first-order valence-electron chi connectivity index (χ1n) is 4.53. The van der Waals surface area contributed by atoms with Crippen LogP contribution in [0.5, 0.6) is 0 Å². The average Bonchev–Trinajstić information content (AvgIpc) is 2.57. The molecular formula is C8H18N2O2. The van der Waals surface area contributed by atoms with Crippen LogP contribution in [0.25, 0.3) is 0 Å². The van der Waals surface area contributed by atoms with Gasteiger partial charge in [0, 0.05) is 26.2 Å². The van der Waals surface area contributed by atoms with Gasteiger partial charge < -0.3 is 20.9 Å². The van der Waals surface area contributed by atoms with Crippen LogP contribution < -0.4 is 11.1 Å². The number of ether oxygens (including phenoxy) is 1. The molecule has 0 aliphatic carbocycles. The summed E-state index contributed by atoms with van der Waals surface area (Å²) in [5.74, 6) is 0. The van der Waals surface area contributed by atoms with E-state index in [1.54, 1.807) is 0 Å². The summed E-state index contributed by atoms with van der Waals surface area (Å²) in [6, 6.07) is 0. The van der Waals surface area contributed by atoms with E-state index in [1.165, 1.54) is 0 Å². The van der Waals surface area contributed by atoms with E-state index in [-0.39, 0.29) is 0 Å². The molecule has 0 radical (unpaired) electrons. The number of hydrogen-bond acceptors (Lipinski definition) is 4. The third-order valence-electron chi connectivity index (χ3n) is 2.05. The summed E-state index contributed by atoms with van der Waals surface area (Å²) in [6.07, 6.45) is 2.21. The summed E-state index contributed by atoms with van der Waals surface area (Å²) in [6.45, 7) is 2.59. The third kappa shape index (κ3) is 3.49. The highest BCUT2D eigenvalue weighted by Crippen LogP contribution is 2.10. The maximum absolute atomic E-state index is 9.10. The second kappa shape index (κ2) is 5.48. The van der Waals surface area contributed by atoms with Gasteiger partial charge in [-0.3, -0.25) is 0 Å². The summed E-state index contributed by atoms with van der Waals surface area (Å²) in [4.78, 5) is 0. The summed E-state index contributed by atoms with van der Waals surface area (Å²) < 4.78 is 5.39. The zero-order valence-electron chi connectivity index (χ0n) is 7.33. The van der Waals surface area contributed by atoms with E-state index in [9.17, 15) is 0 Å². The van der Waals surface area contributed by atoms with E-state index >= 15 is 0 Å². The molecule has 72 valence electrons. The van der Waals surface area contributed by atoms with E-state index in [0.29, 0.717) is 19.2 Å². The highest BCUT2D eigenvalue weighted by atomic mass is 16.5. The fraction of sp³-hybridized carbons (Fsp3) is 1.00. The van der Waals surface area contributed by atoms with Crippen molar-refractivity contribution in [2.75, 3.05) is 26.2 Å². The molecule has 4 heteroatoms. The normalized spacial score (nSPS) is 26.0. The quantitative estimate of drug-likeness (QED) is 0.504. The molecule has 4 N–H and O–H groups in total. The highest BCUT2D eigenvalue weighted by Gasteiger charge is 2.14. The van der Waals surface area contributed by atoms with E-state index in [1.807, 2.05) is 0 Å². The minimum absolute atomic E-state index is 0.318. The van der Waals surface area contributed by atoms with Gasteiger partial charge in [0.2, 0.25) is 0 Å². The predicted molar refractivity (Wildman–Crippen MR) is 46.9 cm³/mol. The van der Waals surface area contributed by atoms with Crippen molar-refractivity contribution in [3.05, 3.63) is 0 Å². The first-order chi connectivity index (χ1) is 5.83. The van der Waals surface area contributed by atoms with Crippen molar-refractivity contribution in [2.24, 2.45) is 5.73 Å². The van der Waals surface area contributed by atoms with Gasteiger partial charge >= 0.3 is 0 Å². The molecule has 0 aromatic rings. The lowest BCUT2D eigenvalue weighted by Crippen LogP contribution is -2.36. The van der Waals surface area contributed by atoms with Gasteiger partial charge in [-0.05, 0) is 12.8 Å². The number of nitrogens with one attached hydrogen (secondary N) is 1. The molecule has 0 aromatic heterocycles. The number of aliphatic hydroxyl groups is 1. The molecule has 4 nitrogen and oxygen atoms in total. The Labute approximate surface area is 73.1 Å². The molecule has 1 saturated heterocycles. The summed E-state index contributed by atoms with van der Waals surface area (Å²) >= 11 is 0. The molecule has 1 fully saturated rings. The van der Waals surface area contributed by atoms with Gasteiger partial charge in [-0.2, -0.15) is 0 Å². The van der Waals surface area contributed by atoms with Crippen molar-refractivity contribution in [1.29, 1.82) is 0 Å². The van der Waals surface area contributed by atoms with Crippen LogP contribution in [0, 0.1) is 0 Å². The standard InChI is InChI=1S/C8H18N2O2/c9-4-7(11)5-10-6-8-2-1-3-12-8/h7-8,10-11H,1-6,9H2. The molecule has 12 heavy (non-hydrogen) atoms. The third-order valence-corrected chi connectivity index (χ3v) is 2.05.